The Balaban J connectivity index is 4.63. The maximum atomic E-state index is 5.55. The molecule has 0 fully saturated rings. The highest BCUT2D eigenvalue weighted by Crippen LogP contribution is 2.15. The molecule has 0 bridgehead atoms. The van der Waals surface area contributed by atoms with E-state index in [4.69, 9.17) is 26.6 Å². The SMILES string of the molecule is CCC(NCCNC(CC)[Si](OC)(OC)OC)[Si](OC)(OC)OC. The summed E-state index contributed by atoms with van der Waals surface area (Å²) < 4.78 is 33.3. The Bertz CT molecular complexity index is 273. The van der Waals surface area contributed by atoms with Gasteiger partial charge in [0, 0.05) is 55.7 Å². The van der Waals surface area contributed by atoms with Crippen molar-refractivity contribution in [2.75, 3.05) is 55.7 Å². The molecule has 0 amide bonds. The fourth-order valence-corrected chi connectivity index (χ4v) is 7.38. The van der Waals surface area contributed by atoms with Gasteiger partial charge < -0.3 is 37.2 Å². The van der Waals surface area contributed by atoms with E-state index >= 15 is 0 Å². The van der Waals surface area contributed by atoms with Gasteiger partial charge >= 0.3 is 17.6 Å². The topological polar surface area (TPSA) is 79.4 Å². The van der Waals surface area contributed by atoms with Gasteiger partial charge in [0.1, 0.15) is 0 Å². The minimum atomic E-state index is -2.69. The molecule has 0 aliphatic carbocycles. The van der Waals surface area contributed by atoms with Gasteiger partial charge in [0.05, 0.1) is 11.3 Å². The summed E-state index contributed by atoms with van der Waals surface area (Å²) in [4.78, 5) is 0. The van der Waals surface area contributed by atoms with Gasteiger partial charge in [-0.3, -0.25) is 0 Å². The molecule has 2 atom stereocenters. The second-order valence-electron chi connectivity index (χ2n) is 5.26. The van der Waals surface area contributed by atoms with Crippen molar-refractivity contribution >= 4 is 17.6 Å². The molecule has 146 valence electrons. The van der Waals surface area contributed by atoms with Crippen molar-refractivity contribution in [3.05, 3.63) is 0 Å². The molecular weight excluding hydrogens is 348 g/mol. The Morgan fingerprint density at radius 3 is 1.00 bits per heavy atom. The lowest BCUT2D eigenvalue weighted by atomic mass is 10.4. The van der Waals surface area contributed by atoms with Crippen LogP contribution in [0.15, 0.2) is 0 Å². The Morgan fingerprint density at radius 2 is 0.833 bits per heavy atom. The Kier molecular flexibility index (Phi) is 12.5. The third kappa shape index (κ3) is 5.83. The zero-order chi connectivity index (χ0) is 18.6. The van der Waals surface area contributed by atoms with E-state index in [1.807, 2.05) is 0 Å². The van der Waals surface area contributed by atoms with Crippen LogP contribution < -0.4 is 10.6 Å². The first kappa shape index (κ1) is 24.1. The van der Waals surface area contributed by atoms with Crippen LogP contribution in [0, 0.1) is 0 Å². The third-order valence-corrected chi connectivity index (χ3v) is 10.6. The Hall–Kier alpha value is 0.114. The summed E-state index contributed by atoms with van der Waals surface area (Å²) >= 11 is 0. The van der Waals surface area contributed by atoms with Crippen LogP contribution in [0.25, 0.3) is 0 Å². The lowest BCUT2D eigenvalue weighted by Gasteiger charge is -2.34. The molecule has 8 nitrogen and oxygen atoms in total. The highest BCUT2D eigenvalue weighted by molar-refractivity contribution is 6.62. The maximum Gasteiger partial charge on any atom is 0.517 e. The quantitative estimate of drug-likeness (QED) is 0.313. The third-order valence-electron chi connectivity index (χ3n) is 4.28. The van der Waals surface area contributed by atoms with Crippen LogP contribution in [0.5, 0.6) is 0 Å². The van der Waals surface area contributed by atoms with Gasteiger partial charge in [-0.15, -0.1) is 0 Å². The number of nitrogens with one attached hydrogen (secondary N) is 2. The molecule has 10 heteroatoms. The van der Waals surface area contributed by atoms with Crippen molar-refractivity contribution < 1.29 is 26.6 Å². The van der Waals surface area contributed by atoms with Crippen molar-refractivity contribution in [2.45, 2.75) is 38.0 Å². The maximum absolute atomic E-state index is 5.55. The predicted molar refractivity (Wildman–Crippen MR) is 97.7 cm³/mol. The molecule has 0 aromatic rings. The molecule has 0 rings (SSSR count). The van der Waals surface area contributed by atoms with E-state index in [-0.39, 0.29) is 11.3 Å². The Morgan fingerprint density at radius 1 is 0.583 bits per heavy atom. The monoisotopic (exact) mass is 384 g/mol. The summed E-state index contributed by atoms with van der Waals surface area (Å²) in [7, 11) is 4.39. The molecule has 24 heavy (non-hydrogen) atoms. The summed E-state index contributed by atoms with van der Waals surface area (Å²) in [5.74, 6) is 0. The first-order chi connectivity index (χ1) is 11.5. The van der Waals surface area contributed by atoms with Crippen molar-refractivity contribution in [3.8, 4) is 0 Å². The van der Waals surface area contributed by atoms with Gasteiger partial charge in [0.2, 0.25) is 0 Å². The first-order valence-electron chi connectivity index (χ1n) is 8.27. The van der Waals surface area contributed by atoms with Gasteiger partial charge in [0.15, 0.2) is 0 Å². The summed E-state index contributed by atoms with van der Waals surface area (Å²) in [6.45, 7) is 5.64. The van der Waals surface area contributed by atoms with Crippen molar-refractivity contribution in [1.29, 1.82) is 0 Å². The molecule has 0 radical (unpaired) electrons. The molecular formula is C14H36N2O6Si2. The molecule has 0 aliphatic heterocycles. The van der Waals surface area contributed by atoms with Crippen LogP contribution in [0.3, 0.4) is 0 Å². The van der Waals surface area contributed by atoms with Crippen molar-refractivity contribution in [2.24, 2.45) is 0 Å². The summed E-state index contributed by atoms with van der Waals surface area (Å²) in [5, 5.41) is 6.93. The van der Waals surface area contributed by atoms with Crippen molar-refractivity contribution in [1.82, 2.24) is 10.6 Å². The van der Waals surface area contributed by atoms with Crippen molar-refractivity contribution in [3.63, 3.8) is 0 Å². The van der Waals surface area contributed by atoms with E-state index in [1.165, 1.54) is 0 Å². The smallest absolute Gasteiger partial charge is 0.376 e. The van der Waals surface area contributed by atoms with Crippen LogP contribution in [-0.2, 0) is 26.6 Å². The summed E-state index contributed by atoms with van der Waals surface area (Å²) in [6, 6.07) is 0. The van der Waals surface area contributed by atoms with E-state index in [0.717, 1.165) is 25.9 Å². The van der Waals surface area contributed by atoms with Crippen LogP contribution in [0.4, 0.5) is 0 Å². The van der Waals surface area contributed by atoms with Crippen LogP contribution in [0.1, 0.15) is 26.7 Å². The van der Waals surface area contributed by atoms with E-state index in [1.54, 1.807) is 42.7 Å². The summed E-state index contributed by atoms with van der Waals surface area (Å²) in [6.07, 6.45) is 1.71. The van der Waals surface area contributed by atoms with Gasteiger partial charge in [0.25, 0.3) is 0 Å². The lowest BCUT2D eigenvalue weighted by molar-refractivity contribution is 0.103. The molecule has 0 saturated carbocycles. The second-order valence-corrected chi connectivity index (χ2v) is 11.5. The largest absolute Gasteiger partial charge is 0.517 e. The molecule has 2 N–H and O–H groups in total. The average Bonchev–Trinajstić information content (AvgIpc) is 2.64. The van der Waals surface area contributed by atoms with E-state index in [9.17, 15) is 0 Å². The van der Waals surface area contributed by atoms with E-state index in [0.29, 0.717) is 0 Å². The highest BCUT2D eigenvalue weighted by atomic mass is 28.4. The number of hydrogen-bond donors (Lipinski definition) is 2. The molecule has 0 spiro atoms. The zero-order valence-electron chi connectivity index (χ0n) is 16.4. The number of rotatable bonds is 15. The number of hydrogen-bond acceptors (Lipinski definition) is 8. The van der Waals surface area contributed by atoms with Gasteiger partial charge in [-0.2, -0.15) is 0 Å². The van der Waals surface area contributed by atoms with Gasteiger partial charge in [-0.25, -0.2) is 0 Å². The Labute approximate surface area is 149 Å². The van der Waals surface area contributed by atoms with Crippen LogP contribution in [-0.4, -0.2) is 84.7 Å². The zero-order valence-corrected chi connectivity index (χ0v) is 18.4. The van der Waals surface area contributed by atoms with Gasteiger partial charge in [-0.1, -0.05) is 13.8 Å². The molecule has 0 aromatic carbocycles. The molecule has 0 aliphatic rings. The summed E-state index contributed by atoms with van der Waals surface area (Å²) in [5.41, 5.74) is 0.0716. The molecule has 2 unspecified atom stereocenters. The average molecular weight is 385 g/mol. The van der Waals surface area contributed by atoms with Crippen LogP contribution >= 0.6 is 0 Å². The minimum absolute atomic E-state index is 0.0358. The normalized spacial score (nSPS) is 15.5. The second kappa shape index (κ2) is 12.5. The first-order valence-corrected chi connectivity index (χ1v) is 11.9. The molecule has 0 heterocycles. The lowest BCUT2D eigenvalue weighted by Crippen LogP contribution is -2.62. The fraction of sp³-hybridized carbons (Fsp3) is 1.00. The van der Waals surface area contributed by atoms with E-state index in [2.05, 4.69) is 24.5 Å². The highest BCUT2D eigenvalue weighted by Gasteiger charge is 2.47. The predicted octanol–water partition coefficient (Wildman–Crippen LogP) is 0.557. The van der Waals surface area contributed by atoms with Gasteiger partial charge in [-0.05, 0) is 12.8 Å². The fourth-order valence-electron chi connectivity index (χ4n) is 2.89. The minimum Gasteiger partial charge on any atom is -0.376 e. The molecule has 0 saturated heterocycles. The van der Waals surface area contributed by atoms with E-state index < -0.39 is 17.6 Å². The molecule has 0 aromatic heterocycles. The van der Waals surface area contributed by atoms with Crippen LogP contribution in [0.2, 0.25) is 0 Å². The standard InChI is InChI=1S/C14H36N2O6Si2/c1-9-13(23(17-3,18-4)19-5)15-11-12-16-14(10-2)24(20-6,21-7)22-8/h13-16H,9-12H2,1-8H3.